The molecule has 1 spiro atoms. The highest BCUT2D eigenvalue weighted by Gasteiger charge is 2.44. The minimum atomic E-state index is -0.911. The highest BCUT2D eigenvalue weighted by Crippen LogP contribution is 2.37. The maximum Gasteiger partial charge on any atom is 0.199 e. The van der Waals surface area contributed by atoms with Gasteiger partial charge in [-0.15, -0.1) is 0 Å². The molecule has 2 aliphatic rings. The van der Waals surface area contributed by atoms with Crippen molar-refractivity contribution in [3.05, 3.63) is 0 Å². The molecule has 0 aromatic heterocycles. The number of alkyl halides is 1. The van der Waals surface area contributed by atoms with E-state index in [9.17, 15) is 4.39 Å². The van der Waals surface area contributed by atoms with Crippen molar-refractivity contribution < 1.29 is 13.9 Å². The predicted molar refractivity (Wildman–Crippen MR) is 42.6 cm³/mol. The zero-order valence-electron chi connectivity index (χ0n) is 7.22. The minimum Gasteiger partial charge on any atom is -0.347 e. The lowest BCUT2D eigenvalue weighted by Gasteiger charge is -2.42. The summed E-state index contributed by atoms with van der Waals surface area (Å²) >= 11 is 0. The first-order chi connectivity index (χ1) is 5.83. The lowest BCUT2D eigenvalue weighted by atomic mass is 9.91. The second-order valence-corrected chi connectivity index (χ2v) is 3.58. The fourth-order valence-corrected chi connectivity index (χ4v) is 1.99. The van der Waals surface area contributed by atoms with Crippen molar-refractivity contribution >= 4 is 0 Å². The first-order valence-corrected chi connectivity index (χ1v) is 4.75. The zero-order valence-corrected chi connectivity index (χ0v) is 7.22. The van der Waals surface area contributed by atoms with Gasteiger partial charge in [0.05, 0.1) is 13.2 Å². The van der Waals surface area contributed by atoms with E-state index < -0.39 is 12.0 Å². The van der Waals surface area contributed by atoms with Gasteiger partial charge < -0.3 is 9.47 Å². The van der Waals surface area contributed by atoms with Crippen LogP contribution in [0.25, 0.3) is 0 Å². The van der Waals surface area contributed by atoms with E-state index in [1.54, 1.807) is 0 Å². The Hall–Kier alpha value is -0.150. The summed E-state index contributed by atoms with van der Waals surface area (Å²) in [5, 5.41) is 0. The van der Waals surface area contributed by atoms with E-state index in [1.807, 2.05) is 0 Å². The van der Waals surface area contributed by atoms with Crippen LogP contribution >= 0.6 is 0 Å². The largest absolute Gasteiger partial charge is 0.347 e. The van der Waals surface area contributed by atoms with Crippen LogP contribution in [0.5, 0.6) is 0 Å². The number of halogens is 1. The average Bonchev–Trinajstić information content (AvgIpc) is 2.12. The number of rotatable bonds is 0. The van der Waals surface area contributed by atoms with Gasteiger partial charge >= 0.3 is 0 Å². The average molecular weight is 174 g/mol. The summed E-state index contributed by atoms with van der Waals surface area (Å²) < 4.78 is 24.3. The molecule has 1 unspecified atom stereocenters. The second-order valence-electron chi connectivity index (χ2n) is 3.58. The van der Waals surface area contributed by atoms with Crippen LogP contribution in [0.2, 0.25) is 0 Å². The van der Waals surface area contributed by atoms with Gasteiger partial charge in [0.1, 0.15) is 0 Å². The molecule has 1 saturated heterocycles. The Bertz CT molecular complexity index is 146. The molecule has 2 rings (SSSR count). The molecule has 0 bridgehead atoms. The molecule has 0 radical (unpaired) electrons. The molecular weight excluding hydrogens is 159 g/mol. The fraction of sp³-hybridized carbons (Fsp3) is 1.00. The summed E-state index contributed by atoms with van der Waals surface area (Å²) in [5.74, 6) is -0.851. The van der Waals surface area contributed by atoms with Gasteiger partial charge in [-0.1, -0.05) is 6.42 Å². The van der Waals surface area contributed by atoms with Crippen LogP contribution in [0, 0.1) is 0 Å². The van der Waals surface area contributed by atoms with Crippen molar-refractivity contribution in [2.24, 2.45) is 0 Å². The van der Waals surface area contributed by atoms with Crippen molar-refractivity contribution in [1.82, 2.24) is 0 Å². The van der Waals surface area contributed by atoms with Gasteiger partial charge in [0, 0.05) is 6.42 Å². The maximum atomic E-state index is 13.5. The Kier molecular flexibility index (Phi) is 2.33. The summed E-state index contributed by atoms with van der Waals surface area (Å²) in [6, 6.07) is 0. The molecular formula is C9H15FO2. The summed E-state index contributed by atoms with van der Waals surface area (Å²) in [6.07, 6.45) is 3.31. The van der Waals surface area contributed by atoms with E-state index in [0.29, 0.717) is 19.6 Å². The zero-order chi connectivity index (χ0) is 8.44. The van der Waals surface area contributed by atoms with Crippen LogP contribution in [-0.2, 0) is 9.47 Å². The van der Waals surface area contributed by atoms with E-state index >= 15 is 0 Å². The number of hydrogen-bond donors (Lipinski definition) is 0. The minimum absolute atomic E-state index is 0.597. The third-order valence-corrected chi connectivity index (χ3v) is 2.69. The first kappa shape index (κ1) is 8.45. The summed E-state index contributed by atoms with van der Waals surface area (Å²) in [7, 11) is 0. The summed E-state index contributed by atoms with van der Waals surface area (Å²) in [5.41, 5.74) is 0. The molecule has 2 fully saturated rings. The highest BCUT2D eigenvalue weighted by atomic mass is 19.1. The summed E-state index contributed by atoms with van der Waals surface area (Å²) in [4.78, 5) is 0. The molecule has 12 heavy (non-hydrogen) atoms. The maximum absolute atomic E-state index is 13.5. The Labute approximate surface area is 72.0 Å². The molecule has 0 N–H and O–H groups in total. The highest BCUT2D eigenvalue weighted by molar-refractivity contribution is 4.85. The van der Waals surface area contributed by atoms with Crippen LogP contribution < -0.4 is 0 Å². The van der Waals surface area contributed by atoms with Gasteiger partial charge in [0.25, 0.3) is 0 Å². The Balaban J connectivity index is 2.04. The molecule has 3 heteroatoms. The van der Waals surface area contributed by atoms with Crippen molar-refractivity contribution in [3.63, 3.8) is 0 Å². The standard InChI is InChI=1S/C9H15FO2/c10-8-4-1-2-5-9(8)11-6-3-7-12-9/h8H,1-7H2. The molecule has 1 atom stereocenters. The van der Waals surface area contributed by atoms with E-state index in [4.69, 9.17) is 9.47 Å². The fourth-order valence-electron chi connectivity index (χ4n) is 1.99. The van der Waals surface area contributed by atoms with Gasteiger partial charge in [-0.05, 0) is 19.3 Å². The number of hydrogen-bond acceptors (Lipinski definition) is 2. The normalized spacial score (nSPS) is 35.2. The van der Waals surface area contributed by atoms with E-state index in [2.05, 4.69) is 0 Å². The molecule has 0 amide bonds. The van der Waals surface area contributed by atoms with Crippen LogP contribution in [0.3, 0.4) is 0 Å². The van der Waals surface area contributed by atoms with Gasteiger partial charge in [0.2, 0.25) is 0 Å². The first-order valence-electron chi connectivity index (χ1n) is 4.75. The molecule has 0 aromatic rings. The third-order valence-electron chi connectivity index (χ3n) is 2.69. The van der Waals surface area contributed by atoms with Gasteiger partial charge in [-0.25, -0.2) is 4.39 Å². The predicted octanol–water partition coefficient (Wildman–Crippen LogP) is 2.03. The Morgan fingerprint density at radius 2 is 1.83 bits per heavy atom. The molecule has 2 nitrogen and oxygen atoms in total. The van der Waals surface area contributed by atoms with Crippen molar-refractivity contribution in [1.29, 1.82) is 0 Å². The van der Waals surface area contributed by atoms with Gasteiger partial charge in [0.15, 0.2) is 12.0 Å². The van der Waals surface area contributed by atoms with Gasteiger partial charge in [-0.2, -0.15) is 0 Å². The molecule has 1 heterocycles. The van der Waals surface area contributed by atoms with Crippen LogP contribution in [0.1, 0.15) is 32.1 Å². The van der Waals surface area contributed by atoms with Crippen molar-refractivity contribution in [3.8, 4) is 0 Å². The molecule has 70 valence electrons. The Morgan fingerprint density at radius 1 is 1.08 bits per heavy atom. The van der Waals surface area contributed by atoms with E-state index in [1.165, 1.54) is 0 Å². The lowest BCUT2D eigenvalue weighted by molar-refractivity contribution is -0.305. The molecule has 1 aliphatic heterocycles. The van der Waals surface area contributed by atoms with Crippen LogP contribution in [-0.4, -0.2) is 25.2 Å². The molecule has 1 aliphatic carbocycles. The van der Waals surface area contributed by atoms with Crippen molar-refractivity contribution in [2.45, 2.75) is 44.1 Å². The molecule has 0 aromatic carbocycles. The van der Waals surface area contributed by atoms with E-state index in [0.717, 1.165) is 25.7 Å². The summed E-state index contributed by atoms with van der Waals surface area (Å²) in [6.45, 7) is 1.31. The lowest BCUT2D eigenvalue weighted by Crippen LogP contribution is -2.50. The Morgan fingerprint density at radius 3 is 2.50 bits per heavy atom. The van der Waals surface area contributed by atoms with Crippen molar-refractivity contribution in [2.75, 3.05) is 13.2 Å². The van der Waals surface area contributed by atoms with E-state index in [-0.39, 0.29) is 0 Å². The quantitative estimate of drug-likeness (QED) is 0.559. The topological polar surface area (TPSA) is 18.5 Å². The second kappa shape index (κ2) is 3.30. The van der Waals surface area contributed by atoms with Gasteiger partial charge in [-0.3, -0.25) is 0 Å². The third kappa shape index (κ3) is 1.36. The van der Waals surface area contributed by atoms with Crippen LogP contribution in [0.4, 0.5) is 4.39 Å². The number of ether oxygens (including phenoxy) is 2. The SMILES string of the molecule is FC1CCCCC12OCCCO2. The smallest absolute Gasteiger partial charge is 0.199 e. The van der Waals surface area contributed by atoms with Crippen LogP contribution in [0.15, 0.2) is 0 Å². The monoisotopic (exact) mass is 174 g/mol. The molecule has 1 saturated carbocycles.